The third-order valence-electron chi connectivity index (χ3n) is 3.44. The molecule has 0 saturated carbocycles. The van der Waals surface area contributed by atoms with Crippen LogP contribution in [0.2, 0.25) is 5.02 Å². The van der Waals surface area contributed by atoms with Gasteiger partial charge in [0.15, 0.2) is 12.6 Å². The second-order valence-corrected chi connectivity index (χ2v) is 4.89. The predicted molar refractivity (Wildman–Crippen MR) is 72.0 cm³/mol. The summed E-state index contributed by atoms with van der Waals surface area (Å²) in [6.45, 7) is 0. The van der Waals surface area contributed by atoms with Crippen molar-refractivity contribution in [2.45, 2.75) is 25.1 Å². The van der Waals surface area contributed by atoms with Crippen molar-refractivity contribution in [2.75, 3.05) is 21.3 Å². The highest BCUT2D eigenvalue weighted by Gasteiger charge is 2.42. The maximum Gasteiger partial charge on any atom is 0.162 e. The second-order valence-electron chi connectivity index (χ2n) is 4.48. The monoisotopic (exact) mass is 286 g/mol. The van der Waals surface area contributed by atoms with Gasteiger partial charge in [-0.25, -0.2) is 0 Å². The van der Waals surface area contributed by atoms with E-state index in [2.05, 4.69) is 0 Å². The number of benzene rings is 1. The van der Waals surface area contributed by atoms with Crippen molar-refractivity contribution in [1.82, 2.24) is 0 Å². The normalized spacial score (nSPS) is 27.1. The average Bonchev–Trinajstić information content (AvgIpc) is 2.85. The zero-order chi connectivity index (χ0) is 13.8. The second kappa shape index (κ2) is 6.68. The summed E-state index contributed by atoms with van der Waals surface area (Å²) in [7, 11) is 4.88. The standard InChI is InChI=1S/C14H19ClO4/c1-16-12-8-10(14(17-2)18-3)13(19-12)9-6-4-5-7-11(9)15/h4-7,10,12-14H,8H2,1-3H3/t10-,12?,13-/m0/s1. The van der Waals surface area contributed by atoms with Gasteiger partial charge in [0, 0.05) is 38.7 Å². The topological polar surface area (TPSA) is 36.9 Å². The number of ether oxygens (including phenoxy) is 4. The summed E-state index contributed by atoms with van der Waals surface area (Å²) < 4.78 is 21.9. The Morgan fingerprint density at radius 1 is 1.21 bits per heavy atom. The first-order chi connectivity index (χ1) is 9.21. The number of methoxy groups -OCH3 is 3. The van der Waals surface area contributed by atoms with Crippen LogP contribution < -0.4 is 0 Å². The van der Waals surface area contributed by atoms with Gasteiger partial charge < -0.3 is 18.9 Å². The van der Waals surface area contributed by atoms with Gasteiger partial charge in [-0.05, 0) is 11.6 Å². The highest BCUT2D eigenvalue weighted by Crippen LogP contribution is 2.43. The fourth-order valence-corrected chi connectivity index (χ4v) is 2.77. The molecule has 0 radical (unpaired) electrons. The molecule has 0 bridgehead atoms. The van der Waals surface area contributed by atoms with E-state index in [4.69, 9.17) is 30.5 Å². The fraction of sp³-hybridized carbons (Fsp3) is 0.571. The summed E-state index contributed by atoms with van der Waals surface area (Å²) in [4.78, 5) is 0. The van der Waals surface area contributed by atoms with Crippen LogP contribution in [0.4, 0.5) is 0 Å². The minimum absolute atomic E-state index is 0.0415. The Labute approximate surface area is 118 Å². The maximum absolute atomic E-state index is 6.25. The molecule has 1 fully saturated rings. The molecule has 1 aliphatic heterocycles. The molecule has 4 nitrogen and oxygen atoms in total. The van der Waals surface area contributed by atoms with Gasteiger partial charge in [-0.15, -0.1) is 0 Å². The minimum atomic E-state index is -0.346. The molecule has 0 N–H and O–H groups in total. The molecule has 1 heterocycles. The van der Waals surface area contributed by atoms with Crippen LogP contribution in [0.1, 0.15) is 18.1 Å². The number of hydrogen-bond acceptors (Lipinski definition) is 4. The van der Waals surface area contributed by atoms with Crippen molar-refractivity contribution < 1.29 is 18.9 Å². The molecule has 0 aliphatic carbocycles. The van der Waals surface area contributed by atoms with E-state index >= 15 is 0 Å². The highest BCUT2D eigenvalue weighted by molar-refractivity contribution is 6.31. The van der Waals surface area contributed by atoms with Crippen LogP contribution in [0, 0.1) is 5.92 Å². The molecule has 1 saturated heterocycles. The van der Waals surface area contributed by atoms with Crippen molar-refractivity contribution in [3.8, 4) is 0 Å². The lowest BCUT2D eigenvalue weighted by Gasteiger charge is -2.25. The van der Waals surface area contributed by atoms with E-state index in [9.17, 15) is 0 Å². The molecule has 1 aliphatic rings. The van der Waals surface area contributed by atoms with E-state index in [1.165, 1.54) is 0 Å². The van der Waals surface area contributed by atoms with Gasteiger partial charge >= 0.3 is 0 Å². The first kappa shape index (κ1) is 14.8. The number of rotatable bonds is 5. The zero-order valence-electron chi connectivity index (χ0n) is 11.3. The molecule has 0 spiro atoms. The summed E-state index contributed by atoms with van der Waals surface area (Å²) >= 11 is 6.25. The molecule has 3 atom stereocenters. The molecule has 19 heavy (non-hydrogen) atoms. The Kier molecular flexibility index (Phi) is 5.19. The van der Waals surface area contributed by atoms with Crippen LogP contribution in [0.25, 0.3) is 0 Å². The van der Waals surface area contributed by atoms with Gasteiger partial charge in [-0.3, -0.25) is 0 Å². The fourth-order valence-electron chi connectivity index (χ4n) is 2.53. The lowest BCUT2D eigenvalue weighted by Crippen LogP contribution is -2.27. The van der Waals surface area contributed by atoms with Gasteiger partial charge in [0.2, 0.25) is 0 Å². The summed E-state index contributed by atoms with van der Waals surface area (Å²) in [6.07, 6.45) is -0.0947. The Morgan fingerprint density at radius 3 is 2.47 bits per heavy atom. The largest absolute Gasteiger partial charge is 0.356 e. The van der Waals surface area contributed by atoms with Crippen LogP contribution in [0.3, 0.4) is 0 Å². The molecule has 1 aromatic carbocycles. The summed E-state index contributed by atoms with van der Waals surface area (Å²) in [5.41, 5.74) is 0.938. The zero-order valence-corrected chi connectivity index (χ0v) is 12.1. The van der Waals surface area contributed by atoms with Gasteiger partial charge in [0.1, 0.15) is 0 Å². The van der Waals surface area contributed by atoms with E-state index < -0.39 is 0 Å². The minimum Gasteiger partial charge on any atom is -0.356 e. The molecular weight excluding hydrogens is 268 g/mol. The Balaban J connectivity index is 2.27. The van der Waals surface area contributed by atoms with Crippen molar-refractivity contribution >= 4 is 11.6 Å². The summed E-state index contributed by atoms with van der Waals surface area (Å²) in [5, 5.41) is 0.681. The quantitative estimate of drug-likeness (QED) is 0.780. The molecular formula is C14H19ClO4. The number of halogens is 1. The van der Waals surface area contributed by atoms with E-state index in [0.717, 1.165) is 5.56 Å². The van der Waals surface area contributed by atoms with Crippen LogP contribution in [-0.2, 0) is 18.9 Å². The van der Waals surface area contributed by atoms with Crippen molar-refractivity contribution in [1.29, 1.82) is 0 Å². The molecule has 1 unspecified atom stereocenters. The Hall–Kier alpha value is -0.650. The van der Waals surface area contributed by atoms with E-state index in [-0.39, 0.29) is 24.6 Å². The number of hydrogen-bond donors (Lipinski definition) is 0. The van der Waals surface area contributed by atoms with Gasteiger partial charge in [0.25, 0.3) is 0 Å². The van der Waals surface area contributed by atoms with Crippen LogP contribution >= 0.6 is 11.6 Å². The Morgan fingerprint density at radius 2 is 1.89 bits per heavy atom. The first-order valence-corrected chi connectivity index (χ1v) is 6.57. The summed E-state index contributed by atoms with van der Waals surface area (Å²) in [6, 6.07) is 7.65. The van der Waals surface area contributed by atoms with E-state index in [1.54, 1.807) is 21.3 Å². The van der Waals surface area contributed by atoms with Gasteiger partial charge in [-0.1, -0.05) is 29.8 Å². The molecule has 5 heteroatoms. The van der Waals surface area contributed by atoms with Crippen LogP contribution in [0.15, 0.2) is 24.3 Å². The van der Waals surface area contributed by atoms with Gasteiger partial charge in [-0.2, -0.15) is 0 Å². The average molecular weight is 287 g/mol. The first-order valence-electron chi connectivity index (χ1n) is 6.19. The van der Waals surface area contributed by atoms with Gasteiger partial charge in [0.05, 0.1) is 6.10 Å². The molecule has 1 aromatic rings. The third kappa shape index (κ3) is 3.09. The van der Waals surface area contributed by atoms with Crippen LogP contribution in [0.5, 0.6) is 0 Å². The molecule has 0 aromatic heterocycles. The Bertz CT molecular complexity index is 408. The lowest BCUT2D eigenvalue weighted by atomic mass is 9.94. The highest BCUT2D eigenvalue weighted by atomic mass is 35.5. The maximum atomic E-state index is 6.25. The third-order valence-corrected chi connectivity index (χ3v) is 3.78. The van der Waals surface area contributed by atoms with E-state index in [0.29, 0.717) is 11.4 Å². The smallest absolute Gasteiger partial charge is 0.162 e. The molecule has 106 valence electrons. The molecule has 2 rings (SSSR count). The van der Waals surface area contributed by atoms with E-state index in [1.807, 2.05) is 24.3 Å². The summed E-state index contributed by atoms with van der Waals surface area (Å²) in [5.74, 6) is 0.0415. The lowest BCUT2D eigenvalue weighted by molar-refractivity contribution is -0.155. The van der Waals surface area contributed by atoms with Crippen molar-refractivity contribution in [3.05, 3.63) is 34.9 Å². The SMILES string of the molecule is COC1C[C@H](C(OC)OC)[C@H](c2ccccc2Cl)O1. The molecule has 0 amide bonds. The van der Waals surface area contributed by atoms with Crippen molar-refractivity contribution in [2.24, 2.45) is 5.92 Å². The van der Waals surface area contributed by atoms with Crippen molar-refractivity contribution in [3.63, 3.8) is 0 Å². The van der Waals surface area contributed by atoms with Crippen LogP contribution in [-0.4, -0.2) is 33.9 Å². The predicted octanol–water partition coefficient (Wildman–Crippen LogP) is 3.01.